The fourth-order valence-corrected chi connectivity index (χ4v) is 2.58. The minimum Gasteiger partial charge on any atom is -0.380 e. The number of hydrogen-bond acceptors (Lipinski definition) is 4. The first kappa shape index (κ1) is 11.3. The van der Waals surface area contributed by atoms with Crippen LogP contribution in [0.15, 0.2) is 0 Å². The Balaban J connectivity index is 1.77. The van der Waals surface area contributed by atoms with Crippen LogP contribution in [0, 0.1) is 5.92 Å². The van der Waals surface area contributed by atoms with E-state index in [1.165, 1.54) is 13.0 Å². The second-order valence-corrected chi connectivity index (χ2v) is 4.60. The van der Waals surface area contributed by atoms with Crippen molar-refractivity contribution in [2.75, 3.05) is 47.0 Å². The Morgan fingerprint density at radius 3 is 3.00 bits per heavy atom. The van der Waals surface area contributed by atoms with Gasteiger partial charge >= 0.3 is 0 Å². The molecule has 2 aliphatic rings. The molecule has 0 saturated carbocycles. The van der Waals surface area contributed by atoms with Crippen molar-refractivity contribution in [1.82, 2.24) is 10.2 Å². The van der Waals surface area contributed by atoms with Gasteiger partial charge in [0.1, 0.15) is 0 Å². The molecule has 4 nitrogen and oxygen atoms in total. The molecule has 0 bridgehead atoms. The van der Waals surface area contributed by atoms with Crippen molar-refractivity contribution in [3.8, 4) is 0 Å². The van der Waals surface area contributed by atoms with E-state index >= 15 is 0 Å². The number of nitrogens with zero attached hydrogens (tertiary/aromatic N) is 1. The van der Waals surface area contributed by atoms with Gasteiger partial charge in [-0.05, 0) is 13.5 Å². The summed E-state index contributed by atoms with van der Waals surface area (Å²) in [5, 5.41) is 3.33. The number of rotatable bonds is 4. The predicted molar refractivity (Wildman–Crippen MR) is 59.0 cm³/mol. The molecule has 3 atom stereocenters. The van der Waals surface area contributed by atoms with E-state index in [0.29, 0.717) is 18.1 Å². The molecule has 1 N–H and O–H groups in total. The van der Waals surface area contributed by atoms with Crippen molar-refractivity contribution >= 4 is 0 Å². The lowest BCUT2D eigenvalue weighted by molar-refractivity contribution is 0.104. The van der Waals surface area contributed by atoms with E-state index in [0.717, 1.165) is 26.3 Å². The summed E-state index contributed by atoms with van der Waals surface area (Å²) in [6, 6.07) is 0.534. The van der Waals surface area contributed by atoms with Gasteiger partial charge in [0.2, 0.25) is 0 Å². The molecule has 2 aliphatic heterocycles. The summed E-state index contributed by atoms with van der Waals surface area (Å²) in [5.41, 5.74) is 0. The van der Waals surface area contributed by atoms with Crippen LogP contribution >= 0.6 is 0 Å². The molecule has 0 aromatic rings. The van der Waals surface area contributed by atoms with E-state index in [9.17, 15) is 0 Å². The predicted octanol–water partition coefficient (Wildman–Crippen LogP) is -0.0585. The lowest BCUT2D eigenvalue weighted by atomic mass is 10.0. The molecule has 0 radical (unpaired) electrons. The maximum absolute atomic E-state index is 5.50. The molecule has 3 unspecified atom stereocenters. The van der Waals surface area contributed by atoms with Crippen molar-refractivity contribution in [3.63, 3.8) is 0 Å². The van der Waals surface area contributed by atoms with Crippen molar-refractivity contribution in [2.45, 2.75) is 18.6 Å². The molecule has 2 fully saturated rings. The Kier molecular flexibility index (Phi) is 3.97. The summed E-state index contributed by atoms with van der Waals surface area (Å²) in [7, 11) is 3.83. The molecule has 0 aromatic carbocycles. The van der Waals surface area contributed by atoms with Crippen LogP contribution in [0.4, 0.5) is 0 Å². The van der Waals surface area contributed by atoms with Gasteiger partial charge in [0.15, 0.2) is 0 Å². The summed E-state index contributed by atoms with van der Waals surface area (Å²) in [4.78, 5) is 2.50. The number of nitrogens with one attached hydrogen (secondary N) is 1. The Labute approximate surface area is 91.9 Å². The fourth-order valence-electron chi connectivity index (χ4n) is 2.58. The SMILES string of the molecule is CNC1COCC1CN1CCC(OC)C1. The molecule has 15 heavy (non-hydrogen) atoms. The zero-order chi connectivity index (χ0) is 10.7. The van der Waals surface area contributed by atoms with Gasteiger partial charge in [-0.3, -0.25) is 0 Å². The quantitative estimate of drug-likeness (QED) is 0.711. The van der Waals surface area contributed by atoms with Crippen LogP contribution in [-0.2, 0) is 9.47 Å². The van der Waals surface area contributed by atoms with E-state index in [2.05, 4.69) is 10.2 Å². The van der Waals surface area contributed by atoms with Crippen molar-refractivity contribution in [3.05, 3.63) is 0 Å². The van der Waals surface area contributed by atoms with Crippen LogP contribution in [0.5, 0.6) is 0 Å². The highest BCUT2D eigenvalue weighted by Crippen LogP contribution is 2.19. The van der Waals surface area contributed by atoms with Crippen LogP contribution in [-0.4, -0.2) is 64.1 Å². The average molecular weight is 214 g/mol. The third-order valence-electron chi connectivity index (χ3n) is 3.62. The first-order valence-electron chi connectivity index (χ1n) is 5.83. The highest BCUT2D eigenvalue weighted by Gasteiger charge is 2.31. The maximum Gasteiger partial charge on any atom is 0.0710 e. The Bertz CT molecular complexity index is 201. The molecule has 88 valence electrons. The third kappa shape index (κ3) is 2.69. The number of methoxy groups -OCH3 is 1. The second kappa shape index (κ2) is 5.25. The standard InChI is InChI=1S/C11H22N2O2/c1-12-11-8-15-7-9(11)5-13-4-3-10(6-13)14-2/h9-12H,3-8H2,1-2H3. The lowest BCUT2D eigenvalue weighted by Crippen LogP contribution is -2.39. The zero-order valence-electron chi connectivity index (χ0n) is 9.74. The Morgan fingerprint density at radius 1 is 1.47 bits per heavy atom. The van der Waals surface area contributed by atoms with E-state index in [4.69, 9.17) is 9.47 Å². The highest BCUT2D eigenvalue weighted by atomic mass is 16.5. The number of likely N-dealkylation sites (tertiary alicyclic amines) is 1. The molecule has 0 aliphatic carbocycles. The van der Waals surface area contributed by atoms with Crippen LogP contribution in [0.1, 0.15) is 6.42 Å². The summed E-state index contributed by atoms with van der Waals surface area (Å²) >= 11 is 0. The van der Waals surface area contributed by atoms with Gasteiger partial charge in [-0.1, -0.05) is 0 Å². The lowest BCUT2D eigenvalue weighted by Gasteiger charge is -2.23. The fraction of sp³-hybridized carbons (Fsp3) is 1.00. The van der Waals surface area contributed by atoms with Crippen LogP contribution in [0.3, 0.4) is 0 Å². The van der Waals surface area contributed by atoms with Crippen molar-refractivity contribution in [2.24, 2.45) is 5.92 Å². The number of ether oxygens (including phenoxy) is 2. The average Bonchev–Trinajstić information content (AvgIpc) is 2.87. The van der Waals surface area contributed by atoms with Crippen LogP contribution in [0.25, 0.3) is 0 Å². The van der Waals surface area contributed by atoms with Crippen molar-refractivity contribution in [1.29, 1.82) is 0 Å². The molecule has 0 spiro atoms. The van der Waals surface area contributed by atoms with Gasteiger partial charge in [-0.25, -0.2) is 0 Å². The largest absolute Gasteiger partial charge is 0.380 e. The van der Waals surface area contributed by atoms with Crippen LogP contribution in [0.2, 0.25) is 0 Å². The first-order chi connectivity index (χ1) is 7.33. The van der Waals surface area contributed by atoms with E-state index < -0.39 is 0 Å². The maximum atomic E-state index is 5.50. The summed E-state index contributed by atoms with van der Waals surface area (Å²) < 4.78 is 10.9. The molecule has 4 heteroatoms. The van der Waals surface area contributed by atoms with Gasteiger partial charge < -0.3 is 19.7 Å². The second-order valence-electron chi connectivity index (χ2n) is 4.60. The van der Waals surface area contributed by atoms with E-state index in [1.54, 1.807) is 0 Å². The Hall–Kier alpha value is -0.160. The molecule has 2 rings (SSSR count). The number of hydrogen-bond donors (Lipinski definition) is 1. The van der Waals surface area contributed by atoms with Crippen molar-refractivity contribution < 1.29 is 9.47 Å². The monoisotopic (exact) mass is 214 g/mol. The highest BCUT2D eigenvalue weighted by molar-refractivity contribution is 4.85. The smallest absolute Gasteiger partial charge is 0.0710 e. The van der Waals surface area contributed by atoms with Gasteiger partial charge in [-0.15, -0.1) is 0 Å². The molecule has 2 saturated heterocycles. The Morgan fingerprint density at radius 2 is 2.33 bits per heavy atom. The van der Waals surface area contributed by atoms with Gasteiger partial charge in [-0.2, -0.15) is 0 Å². The molecule has 0 aromatic heterocycles. The van der Waals surface area contributed by atoms with Crippen LogP contribution < -0.4 is 5.32 Å². The van der Waals surface area contributed by atoms with Gasteiger partial charge in [0.25, 0.3) is 0 Å². The van der Waals surface area contributed by atoms with E-state index in [1.807, 2.05) is 14.2 Å². The van der Waals surface area contributed by atoms with Gasteiger partial charge in [0, 0.05) is 38.7 Å². The molecule has 0 amide bonds. The topological polar surface area (TPSA) is 33.7 Å². The summed E-state index contributed by atoms with van der Waals surface area (Å²) in [6.07, 6.45) is 1.62. The normalized spacial score (nSPS) is 37.6. The first-order valence-corrected chi connectivity index (χ1v) is 5.83. The summed E-state index contributed by atoms with van der Waals surface area (Å²) in [5.74, 6) is 0.644. The van der Waals surface area contributed by atoms with E-state index in [-0.39, 0.29) is 0 Å². The summed E-state index contributed by atoms with van der Waals surface area (Å²) in [6.45, 7) is 5.17. The minimum atomic E-state index is 0.445. The molecule has 2 heterocycles. The third-order valence-corrected chi connectivity index (χ3v) is 3.62. The number of likely N-dealkylation sites (N-methyl/N-ethyl adjacent to an activating group) is 1. The zero-order valence-corrected chi connectivity index (χ0v) is 9.74. The van der Waals surface area contributed by atoms with Gasteiger partial charge in [0.05, 0.1) is 19.3 Å². The minimum absolute atomic E-state index is 0.445. The molecular formula is C11H22N2O2. The molecular weight excluding hydrogens is 192 g/mol.